The molecule has 0 aliphatic heterocycles. The zero-order valence-electron chi connectivity index (χ0n) is 13.5. The molecule has 0 aliphatic rings. The highest BCUT2D eigenvalue weighted by Gasteiger charge is 2.23. The maximum Gasteiger partial charge on any atom is 0.260 e. The number of aromatic amines is 1. The van der Waals surface area contributed by atoms with E-state index in [4.69, 9.17) is 0 Å². The van der Waals surface area contributed by atoms with Crippen LogP contribution in [0.25, 0.3) is 0 Å². The molecule has 0 spiro atoms. The molecule has 8 heteroatoms. The van der Waals surface area contributed by atoms with Gasteiger partial charge < -0.3 is 10.2 Å². The molecule has 0 fully saturated rings. The van der Waals surface area contributed by atoms with E-state index >= 15 is 0 Å². The highest BCUT2D eigenvalue weighted by atomic mass is 32.2. The average Bonchev–Trinajstić information content (AvgIpc) is 2.78. The van der Waals surface area contributed by atoms with Gasteiger partial charge in [0, 0.05) is 36.9 Å². The van der Waals surface area contributed by atoms with Crippen LogP contribution >= 0.6 is 0 Å². The summed E-state index contributed by atoms with van der Waals surface area (Å²) in [6, 6.07) is 0.381. The second kappa shape index (κ2) is 7.88. The second-order valence-corrected chi connectivity index (χ2v) is 7.07. The first-order chi connectivity index (χ1) is 9.79. The number of sulfonamides is 1. The van der Waals surface area contributed by atoms with Gasteiger partial charge in [-0.05, 0) is 34.4 Å². The third-order valence-electron chi connectivity index (χ3n) is 3.48. The Morgan fingerprint density at radius 2 is 2.05 bits per heavy atom. The zero-order valence-corrected chi connectivity index (χ0v) is 14.3. The SMILES string of the molecule is CCNCc1c(S(=O)(=O)NCCN(C)C(C)C)n[nH]c1C. The number of aromatic nitrogens is 2. The molecule has 0 saturated carbocycles. The van der Waals surface area contributed by atoms with Crippen LogP contribution in [-0.4, -0.2) is 56.2 Å². The molecule has 0 aromatic carbocycles. The normalized spacial score (nSPS) is 12.5. The van der Waals surface area contributed by atoms with Gasteiger partial charge in [-0.1, -0.05) is 6.92 Å². The Morgan fingerprint density at radius 1 is 1.38 bits per heavy atom. The summed E-state index contributed by atoms with van der Waals surface area (Å²) >= 11 is 0. The molecule has 0 unspecified atom stereocenters. The van der Waals surface area contributed by atoms with Crippen molar-refractivity contribution in [3.8, 4) is 0 Å². The van der Waals surface area contributed by atoms with Gasteiger partial charge in [-0.2, -0.15) is 5.10 Å². The van der Waals surface area contributed by atoms with Crippen LogP contribution in [-0.2, 0) is 16.6 Å². The molecule has 1 heterocycles. The Balaban J connectivity index is 2.74. The van der Waals surface area contributed by atoms with Crippen molar-refractivity contribution in [1.29, 1.82) is 0 Å². The summed E-state index contributed by atoms with van der Waals surface area (Å²) in [6.45, 7) is 10.2. The molecule has 0 atom stereocenters. The van der Waals surface area contributed by atoms with E-state index in [0.29, 0.717) is 31.2 Å². The maximum absolute atomic E-state index is 12.3. The molecule has 1 rings (SSSR count). The van der Waals surface area contributed by atoms with Crippen LogP contribution in [0.3, 0.4) is 0 Å². The number of hydrogen-bond acceptors (Lipinski definition) is 5. The fourth-order valence-corrected chi connectivity index (χ4v) is 3.01. The first-order valence-corrected chi connectivity index (χ1v) is 8.72. The van der Waals surface area contributed by atoms with Crippen LogP contribution in [0.5, 0.6) is 0 Å². The van der Waals surface area contributed by atoms with E-state index in [1.807, 2.05) is 20.9 Å². The summed E-state index contributed by atoms with van der Waals surface area (Å²) < 4.78 is 27.3. The molecular formula is C13H27N5O2S. The van der Waals surface area contributed by atoms with Gasteiger partial charge in [0.2, 0.25) is 0 Å². The molecule has 3 N–H and O–H groups in total. The van der Waals surface area contributed by atoms with E-state index in [9.17, 15) is 8.42 Å². The summed E-state index contributed by atoms with van der Waals surface area (Å²) in [6.07, 6.45) is 0. The molecule has 1 aromatic heterocycles. The van der Waals surface area contributed by atoms with Crippen LogP contribution < -0.4 is 10.0 Å². The Bertz CT molecular complexity index is 539. The van der Waals surface area contributed by atoms with Gasteiger partial charge in [-0.15, -0.1) is 0 Å². The standard InChI is InChI=1S/C13H27N5O2S/c1-6-14-9-12-11(4)16-17-13(12)21(19,20)15-7-8-18(5)10(2)3/h10,14-15H,6-9H2,1-5H3,(H,16,17). The van der Waals surface area contributed by atoms with Gasteiger partial charge in [0.15, 0.2) is 5.03 Å². The van der Waals surface area contributed by atoms with Gasteiger partial charge in [-0.25, -0.2) is 13.1 Å². The predicted octanol–water partition coefficient (Wildman–Crippen LogP) is 0.446. The number of likely N-dealkylation sites (N-methyl/N-ethyl adjacent to an activating group) is 1. The fraction of sp³-hybridized carbons (Fsp3) is 0.769. The van der Waals surface area contributed by atoms with Gasteiger partial charge in [0.1, 0.15) is 0 Å². The minimum absolute atomic E-state index is 0.0909. The number of rotatable bonds is 9. The number of H-pyrrole nitrogens is 1. The van der Waals surface area contributed by atoms with E-state index in [2.05, 4.69) is 39.0 Å². The molecule has 21 heavy (non-hydrogen) atoms. The Labute approximate surface area is 127 Å². The minimum atomic E-state index is -3.58. The molecular weight excluding hydrogens is 290 g/mol. The summed E-state index contributed by atoms with van der Waals surface area (Å²) in [5.74, 6) is 0. The topological polar surface area (TPSA) is 90.1 Å². The molecule has 7 nitrogen and oxygen atoms in total. The lowest BCUT2D eigenvalue weighted by atomic mass is 10.2. The van der Waals surface area contributed by atoms with Crippen LogP contribution in [0.4, 0.5) is 0 Å². The van der Waals surface area contributed by atoms with Crippen LogP contribution in [0, 0.1) is 6.92 Å². The molecule has 1 aromatic rings. The lowest BCUT2D eigenvalue weighted by Crippen LogP contribution is -2.36. The lowest BCUT2D eigenvalue weighted by molar-refractivity contribution is 0.278. The number of nitrogens with one attached hydrogen (secondary N) is 3. The second-order valence-electron chi connectivity index (χ2n) is 5.38. The van der Waals surface area contributed by atoms with Gasteiger partial charge >= 0.3 is 0 Å². The molecule has 122 valence electrons. The summed E-state index contributed by atoms with van der Waals surface area (Å²) in [5, 5.41) is 9.92. The predicted molar refractivity (Wildman–Crippen MR) is 83.7 cm³/mol. The summed E-state index contributed by atoms with van der Waals surface area (Å²) in [5.41, 5.74) is 1.47. The third kappa shape index (κ3) is 5.06. The van der Waals surface area contributed by atoms with Crippen molar-refractivity contribution in [2.24, 2.45) is 0 Å². The summed E-state index contributed by atoms with van der Waals surface area (Å²) in [7, 11) is -1.61. The van der Waals surface area contributed by atoms with Crippen molar-refractivity contribution < 1.29 is 8.42 Å². The fourth-order valence-electron chi connectivity index (χ4n) is 1.79. The lowest BCUT2D eigenvalue weighted by Gasteiger charge is -2.20. The van der Waals surface area contributed by atoms with Crippen molar-refractivity contribution in [2.45, 2.75) is 45.3 Å². The van der Waals surface area contributed by atoms with Gasteiger partial charge in [-0.3, -0.25) is 5.10 Å². The van der Waals surface area contributed by atoms with E-state index in [1.54, 1.807) is 0 Å². The highest BCUT2D eigenvalue weighted by molar-refractivity contribution is 7.89. The van der Waals surface area contributed by atoms with Crippen molar-refractivity contribution in [2.75, 3.05) is 26.7 Å². The molecule has 0 saturated heterocycles. The minimum Gasteiger partial charge on any atom is -0.313 e. The Kier molecular flexibility index (Phi) is 6.79. The van der Waals surface area contributed by atoms with Crippen molar-refractivity contribution in [3.05, 3.63) is 11.3 Å². The van der Waals surface area contributed by atoms with E-state index in [1.165, 1.54) is 0 Å². The highest BCUT2D eigenvalue weighted by Crippen LogP contribution is 2.15. The van der Waals surface area contributed by atoms with Crippen molar-refractivity contribution >= 4 is 10.0 Å². The van der Waals surface area contributed by atoms with E-state index in [-0.39, 0.29) is 5.03 Å². The third-order valence-corrected chi connectivity index (χ3v) is 4.91. The van der Waals surface area contributed by atoms with Crippen LogP contribution in [0.2, 0.25) is 0 Å². The Morgan fingerprint density at radius 3 is 2.62 bits per heavy atom. The maximum atomic E-state index is 12.3. The number of hydrogen-bond donors (Lipinski definition) is 3. The van der Waals surface area contributed by atoms with Gasteiger partial charge in [0.25, 0.3) is 10.0 Å². The average molecular weight is 317 g/mol. The molecule has 0 radical (unpaired) electrons. The van der Waals surface area contributed by atoms with Crippen molar-refractivity contribution in [1.82, 2.24) is 25.1 Å². The number of nitrogens with zero attached hydrogens (tertiary/aromatic N) is 2. The number of aryl methyl sites for hydroxylation is 1. The smallest absolute Gasteiger partial charge is 0.260 e. The quantitative estimate of drug-likeness (QED) is 0.615. The monoisotopic (exact) mass is 317 g/mol. The first kappa shape index (κ1) is 18.1. The van der Waals surface area contributed by atoms with Crippen LogP contribution in [0.1, 0.15) is 32.0 Å². The van der Waals surface area contributed by atoms with Gasteiger partial charge in [0.05, 0.1) is 0 Å². The first-order valence-electron chi connectivity index (χ1n) is 7.24. The Hall–Kier alpha value is -0.960. The van der Waals surface area contributed by atoms with E-state index < -0.39 is 10.0 Å². The molecule has 0 bridgehead atoms. The largest absolute Gasteiger partial charge is 0.313 e. The molecule has 0 aliphatic carbocycles. The van der Waals surface area contributed by atoms with Crippen LogP contribution in [0.15, 0.2) is 5.03 Å². The van der Waals surface area contributed by atoms with E-state index in [0.717, 1.165) is 12.2 Å². The molecule has 0 amide bonds. The van der Waals surface area contributed by atoms with Crippen molar-refractivity contribution in [3.63, 3.8) is 0 Å². The summed E-state index contributed by atoms with van der Waals surface area (Å²) in [4.78, 5) is 2.08. The zero-order chi connectivity index (χ0) is 16.0.